The highest BCUT2D eigenvalue weighted by Gasteiger charge is 2.50. The van der Waals surface area contributed by atoms with Crippen LogP contribution in [0.1, 0.15) is 76.0 Å². The molecule has 1 amide bonds. The summed E-state index contributed by atoms with van der Waals surface area (Å²) in [6.45, 7) is 1.48. The summed E-state index contributed by atoms with van der Waals surface area (Å²) in [5, 5.41) is 14.8. The smallest absolute Gasteiger partial charge is 0.225 e. The molecule has 0 bridgehead atoms. The average Bonchev–Trinajstić information content (AvgIpc) is 3.01. The quantitative estimate of drug-likeness (QED) is 0.822. The number of hydrogen-bond donors (Lipinski definition) is 1. The van der Waals surface area contributed by atoms with Crippen LogP contribution in [0.15, 0.2) is 6.20 Å². The number of hydrogen-bond acceptors (Lipinski definition) is 4. The Morgan fingerprint density at radius 2 is 1.85 bits per heavy atom. The summed E-state index contributed by atoms with van der Waals surface area (Å²) in [5.74, 6) is 1.31. The van der Waals surface area contributed by atoms with Crippen LogP contribution < -0.4 is 4.74 Å². The van der Waals surface area contributed by atoms with Crippen LogP contribution in [0, 0.1) is 11.3 Å². The molecule has 0 radical (unpaired) electrons. The van der Waals surface area contributed by atoms with Gasteiger partial charge in [0.15, 0.2) is 5.75 Å². The zero-order valence-corrected chi connectivity index (χ0v) is 16.3. The first-order chi connectivity index (χ1) is 13.0. The lowest BCUT2D eigenvalue weighted by atomic mass is 9.55. The van der Waals surface area contributed by atoms with Gasteiger partial charge in [0.1, 0.15) is 17.4 Å². The first-order valence-corrected chi connectivity index (χ1v) is 10.7. The summed E-state index contributed by atoms with van der Waals surface area (Å²) in [6.07, 6.45) is 12.4. The van der Waals surface area contributed by atoms with Crippen molar-refractivity contribution in [3.05, 3.63) is 11.9 Å². The number of fused-ring (bicyclic) bond motifs is 1. The number of carbonyl (C=O) groups excluding carboxylic acids is 1. The molecule has 2 aliphatic heterocycles. The molecule has 0 aromatic carbocycles. The van der Waals surface area contributed by atoms with Crippen LogP contribution in [0.5, 0.6) is 5.75 Å². The Morgan fingerprint density at radius 3 is 2.56 bits per heavy atom. The third-order valence-corrected chi connectivity index (χ3v) is 7.64. The van der Waals surface area contributed by atoms with Gasteiger partial charge in [-0.05, 0) is 31.1 Å². The van der Waals surface area contributed by atoms with E-state index in [1.807, 2.05) is 13.2 Å². The fourth-order valence-corrected chi connectivity index (χ4v) is 6.09. The fourth-order valence-electron chi connectivity index (χ4n) is 6.09. The Bertz CT molecular complexity index is 721. The van der Waals surface area contributed by atoms with Gasteiger partial charge in [-0.3, -0.25) is 9.48 Å². The molecule has 2 aliphatic carbocycles. The van der Waals surface area contributed by atoms with Crippen molar-refractivity contribution >= 4 is 5.91 Å². The van der Waals surface area contributed by atoms with Gasteiger partial charge >= 0.3 is 0 Å². The van der Waals surface area contributed by atoms with Gasteiger partial charge in [0.2, 0.25) is 5.91 Å². The third kappa shape index (κ3) is 2.96. The van der Waals surface area contributed by atoms with Gasteiger partial charge in [0.25, 0.3) is 0 Å². The molecule has 3 heterocycles. The lowest BCUT2D eigenvalue weighted by Crippen LogP contribution is -2.55. The summed E-state index contributed by atoms with van der Waals surface area (Å²) in [4.78, 5) is 15.0. The van der Waals surface area contributed by atoms with Crippen molar-refractivity contribution in [2.45, 2.75) is 75.9 Å². The van der Waals surface area contributed by atoms with Crippen LogP contribution in [-0.4, -0.2) is 44.4 Å². The molecule has 1 unspecified atom stereocenters. The molecule has 2 spiro atoms. The minimum atomic E-state index is -0.574. The van der Waals surface area contributed by atoms with E-state index in [9.17, 15) is 9.90 Å². The number of nitrogens with zero attached hydrogens (tertiary/aromatic N) is 3. The number of aryl methyl sites for hydroxylation is 1. The highest BCUT2D eigenvalue weighted by molar-refractivity contribution is 5.80. The highest BCUT2D eigenvalue weighted by Crippen LogP contribution is 2.55. The average molecular weight is 373 g/mol. The number of aliphatic hydroxyl groups excluding tert-OH is 1. The lowest BCUT2D eigenvalue weighted by molar-refractivity contribution is -0.149. The van der Waals surface area contributed by atoms with Crippen LogP contribution >= 0.6 is 0 Å². The SMILES string of the molecule is Cn1cc2c(n1)C(O)CC1(CCN(C(=O)C3CC4(CCCCC4)C3)CC1)O2. The maximum absolute atomic E-state index is 13.0. The number of piperidine rings is 1. The Kier molecular flexibility index (Phi) is 4.04. The predicted octanol–water partition coefficient (Wildman–Crippen LogP) is 2.96. The largest absolute Gasteiger partial charge is 0.483 e. The second-order valence-corrected chi connectivity index (χ2v) is 9.55. The summed E-state index contributed by atoms with van der Waals surface area (Å²) in [7, 11) is 1.85. The third-order valence-electron chi connectivity index (χ3n) is 7.64. The molecule has 6 heteroatoms. The van der Waals surface area contributed by atoms with Crippen molar-refractivity contribution in [1.29, 1.82) is 0 Å². The van der Waals surface area contributed by atoms with Crippen molar-refractivity contribution in [3.63, 3.8) is 0 Å². The molecule has 1 saturated heterocycles. The maximum Gasteiger partial charge on any atom is 0.225 e. The Morgan fingerprint density at radius 1 is 1.15 bits per heavy atom. The van der Waals surface area contributed by atoms with E-state index in [2.05, 4.69) is 10.00 Å². The summed E-state index contributed by atoms with van der Waals surface area (Å²) < 4.78 is 7.99. The number of rotatable bonds is 1. The molecule has 2 saturated carbocycles. The van der Waals surface area contributed by atoms with E-state index < -0.39 is 6.10 Å². The first kappa shape index (κ1) is 17.5. The predicted molar refractivity (Wildman–Crippen MR) is 100 cm³/mol. The van der Waals surface area contributed by atoms with E-state index in [1.165, 1.54) is 32.1 Å². The molecule has 4 aliphatic rings. The number of likely N-dealkylation sites (tertiary alicyclic amines) is 1. The van der Waals surface area contributed by atoms with Crippen LogP contribution in [0.2, 0.25) is 0 Å². The minimum absolute atomic E-state index is 0.250. The summed E-state index contributed by atoms with van der Waals surface area (Å²) in [5.41, 5.74) is 0.799. The number of aliphatic hydroxyl groups is 1. The number of aromatic nitrogens is 2. The second kappa shape index (κ2) is 6.23. The standard InChI is InChI=1S/C21H31N3O3/c1-23-14-17-18(22-23)16(25)13-21(27-17)7-9-24(10-8-21)19(26)15-11-20(12-15)5-3-2-4-6-20/h14-16,25H,2-13H2,1H3. The van der Waals surface area contributed by atoms with E-state index >= 15 is 0 Å². The van der Waals surface area contributed by atoms with Gasteiger partial charge in [0.05, 0.1) is 6.20 Å². The number of ether oxygens (including phenoxy) is 1. The number of amides is 1. The maximum atomic E-state index is 13.0. The molecule has 1 N–H and O–H groups in total. The van der Waals surface area contributed by atoms with E-state index in [0.717, 1.165) is 38.8 Å². The molecule has 1 aromatic heterocycles. The van der Waals surface area contributed by atoms with Crippen molar-refractivity contribution in [2.75, 3.05) is 13.1 Å². The topological polar surface area (TPSA) is 67.6 Å². The summed E-state index contributed by atoms with van der Waals surface area (Å²) >= 11 is 0. The minimum Gasteiger partial charge on any atom is -0.483 e. The molecular weight excluding hydrogens is 342 g/mol. The summed E-state index contributed by atoms with van der Waals surface area (Å²) in [6, 6.07) is 0. The molecule has 1 aromatic rings. The van der Waals surface area contributed by atoms with Crippen molar-refractivity contribution < 1.29 is 14.6 Å². The van der Waals surface area contributed by atoms with Crippen molar-refractivity contribution in [1.82, 2.24) is 14.7 Å². The van der Waals surface area contributed by atoms with Crippen LogP contribution in [0.3, 0.4) is 0 Å². The molecule has 1 atom stereocenters. The molecule has 3 fully saturated rings. The Hall–Kier alpha value is -1.56. The Labute approximate surface area is 160 Å². The van der Waals surface area contributed by atoms with E-state index in [-0.39, 0.29) is 11.5 Å². The zero-order valence-electron chi connectivity index (χ0n) is 16.3. The van der Waals surface area contributed by atoms with Gasteiger partial charge in [-0.25, -0.2) is 0 Å². The highest BCUT2D eigenvalue weighted by atomic mass is 16.5. The molecular formula is C21H31N3O3. The fraction of sp³-hybridized carbons (Fsp3) is 0.810. The van der Waals surface area contributed by atoms with Gasteiger partial charge in [-0.1, -0.05) is 19.3 Å². The van der Waals surface area contributed by atoms with E-state index in [4.69, 9.17) is 4.74 Å². The Balaban J connectivity index is 1.19. The first-order valence-electron chi connectivity index (χ1n) is 10.7. The van der Waals surface area contributed by atoms with Crippen LogP contribution in [0.25, 0.3) is 0 Å². The van der Waals surface area contributed by atoms with Crippen molar-refractivity contribution in [3.8, 4) is 5.75 Å². The van der Waals surface area contributed by atoms with Crippen molar-refractivity contribution in [2.24, 2.45) is 18.4 Å². The van der Waals surface area contributed by atoms with Gasteiger partial charge < -0.3 is 14.7 Å². The van der Waals surface area contributed by atoms with Gasteiger partial charge in [0, 0.05) is 45.3 Å². The van der Waals surface area contributed by atoms with E-state index in [1.54, 1.807) is 4.68 Å². The van der Waals surface area contributed by atoms with Crippen LogP contribution in [0.4, 0.5) is 0 Å². The molecule has 148 valence electrons. The number of carbonyl (C=O) groups is 1. The lowest BCUT2D eigenvalue weighted by Gasteiger charge is -2.52. The van der Waals surface area contributed by atoms with Gasteiger partial charge in [-0.15, -0.1) is 0 Å². The van der Waals surface area contributed by atoms with Gasteiger partial charge in [-0.2, -0.15) is 5.10 Å². The monoisotopic (exact) mass is 373 g/mol. The normalized spacial score (nSPS) is 29.3. The van der Waals surface area contributed by atoms with E-state index in [0.29, 0.717) is 29.2 Å². The molecule has 6 nitrogen and oxygen atoms in total. The molecule has 27 heavy (non-hydrogen) atoms. The molecule has 5 rings (SSSR count). The van der Waals surface area contributed by atoms with Crippen LogP contribution in [-0.2, 0) is 11.8 Å². The second-order valence-electron chi connectivity index (χ2n) is 9.55. The zero-order chi connectivity index (χ0) is 18.6.